The van der Waals surface area contributed by atoms with Crippen molar-refractivity contribution in [3.63, 3.8) is 0 Å². The SMILES string of the molecule is CN(c1cc(-c2cccc(F)c2)ccc1F)c1c(F)ccc(OCC(N)=O)c1F. The maximum atomic E-state index is 14.8. The molecule has 0 heterocycles. The highest BCUT2D eigenvalue weighted by Crippen LogP contribution is 2.36. The predicted octanol–water partition coefficient (Wildman–Crippen LogP) is 4.54. The van der Waals surface area contributed by atoms with Crippen LogP contribution in [0.4, 0.5) is 28.9 Å². The summed E-state index contributed by atoms with van der Waals surface area (Å²) in [6.07, 6.45) is 0. The Labute approximate surface area is 164 Å². The number of ether oxygens (including phenoxy) is 1. The Hall–Kier alpha value is -3.55. The zero-order valence-electron chi connectivity index (χ0n) is 15.3. The van der Waals surface area contributed by atoms with Crippen LogP contribution in [-0.2, 0) is 4.79 Å². The maximum absolute atomic E-state index is 14.8. The summed E-state index contributed by atoms with van der Waals surface area (Å²) in [6.45, 7) is -0.602. The molecule has 1 amide bonds. The lowest BCUT2D eigenvalue weighted by atomic mass is 10.0. The van der Waals surface area contributed by atoms with Crippen molar-refractivity contribution in [1.29, 1.82) is 0 Å². The number of hydrogen-bond donors (Lipinski definition) is 1. The molecule has 0 fully saturated rings. The van der Waals surface area contributed by atoms with E-state index in [-0.39, 0.29) is 5.69 Å². The number of anilines is 2. The zero-order valence-corrected chi connectivity index (χ0v) is 15.3. The minimum absolute atomic E-state index is 0.142. The first-order valence-corrected chi connectivity index (χ1v) is 8.46. The normalized spacial score (nSPS) is 10.7. The third kappa shape index (κ3) is 4.31. The fourth-order valence-corrected chi connectivity index (χ4v) is 2.83. The van der Waals surface area contributed by atoms with Crippen LogP contribution in [0.2, 0.25) is 0 Å². The summed E-state index contributed by atoms with van der Waals surface area (Å²) in [6, 6.07) is 11.5. The van der Waals surface area contributed by atoms with Gasteiger partial charge in [-0.25, -0.2) is 17.6 Å². The minimum Gasteiger partial charge on any atom is -0.481 e. The van der Waals surface area contributed by atoms with Crippen molar-refractivity contribution < 1.29 is 27.1 Å². The first-order chi connectivity index (χ1) is 13.8. The molecule has 4 nitrogen and oxygen atoms in total. The number of benzene rings is 3. The summed E-state index contributed by atoms with van der Waals surface area (Å²) >= 11 is 0. The number of halogens is 4. The van der Waals surface area contributed by atoms with E-state index in [1.165, 1.54) is 37.4 Å². The molecule has 8 heteroatoms. The van der Waals surface area contributed by atoms with Crippen LogP contribution in [0.1, 0.15) is 0 Å². The van der Waals surface area contributed by atoms with E-state index in [2.05, 4.69) is 0 Å². The molecule has 0 saturated heterocycles. The van der Waals surface area contributed by atoms with Crippen LogP contribution in [0, 0.1) is 23.3 Å². The molecule has 0 aliphatic heterocycles. The van der Waals surface area contributed by atoms with Crippen LogP contribution in [0.5, 0.6) is 5.75 Å². The number of carbonyl (C=O) groups excluding carboxylic acids is 1. The van der Waals surface area contributed by atoms with Gasteiger partial charge in [0.2, 0.25) is 0 Å². The second kappa shape index (κ2) is 8.22. The molecule has 0 spiro atoms. The van der Waals surface area contributed by atoms with Crippen LogP contribution in [0.15, 0.2) is 54.6 Å². The Balaban J connectivity index is 2.04. The standard InChI is InChI=1S/C21H16F4N2O2/c1-27(21-16(24)7-8-18(20(21)25)29-11-19(26)28)17-10-13(5-6-15(17)23)12-3-2-4-14(22)9-12/h2-10H,11H2,1H3,(H2,26,28). The highest BCUT2D eigenvalue weighted by Gasteiger charge is 2.22. The lowest BCUT2D eigenvalue weighted by Gasteiger charge is -2.23. The van der Waals surface area contributed by atoms with Gasteiger partial charge < -0.3 is 15.4 Å². The van der Waals surface area contributed by atoms with Crippen LogP contribution >= 0.6 is 0 Å². The van der Waals surface area contributed by atoms with Gasteiger partial charge in [-0.2, -0.15) is 0 Å². The monoisotopic (exact) mass is 404 g/mol. The van der Waals surface area contributed by atoms with Gasteiger partial charge in [-0.3, -0.25) is 4.79 Å². The van der Waals surface area contributed by atoms with E-state index in [9.17, 15) is 22.4 Å². The average Bonchev–Trinajstić information content (AvgIpc) is 2.67. The van der Waals surface area contributed by atoms with Crippen LogP contribution in [0.25, 0.3) is 11.1 Å². The van der Waals surface area contributed by atoms with Gasteiger partial charge in [-0.1, -0.05) is 18.2 Å². The molecule has 0 saturated carbocycles. The molecule has 0 bridgehead atoms. The fraction of sp³-hybridized carbons (Fsp3) is 0.0952. The fourth-order valence-electron chi connectivity index (χ4n) is 2.83. The van der Waals surface area contributed by atoms with Gasteiger partial charge >= 0.3 is 0 Å². The van der Waals surface area contributed by atoms with Gasteiger partial charge in [0.1, 0.15) is 23.1 Å². The lowest BCUT2D eigenvalue weighted by molar-refractivity contribution is -0.120. The maximum Gasteiger partial charge on any atom is 0.255 e. The number of nitrogens with zero attached hydrogens (tertiary/aromatic N) is 1. The van der Waals surface area contributed by atoms with E-state index >= 15 is 0 Å². The van der Waals surface area contributed by atoms with Crippen molar-refractivity contribution >= 4 is 17.3 Å². The van der Waals surface area contributed by atoms with Crippen LogP contribution in [0.3, 0.4) is 0 Å². The van der Waals surface area contributed by atoms with Crippen molar-refractivity contribution in [3.8, 4) is 16.9 Å². The van der Waals surface area contributed by atoms with Gasteiger partial charge in [0.05, 0.1) is 5.69 Å². The summed E-state index contributed by atoms with van der Waals surface area (Å²) < 4.78 is 62.1. The summed E-state index contributed by atoms with van der Waals surface area (Å²) in [7, 11) is 1.27. The van der Waals surface area contributed by atoms with E-state index in [1.54, 1.807) is 6.07 Å². The van der Waals surface area contributed by atoms with Crippen molar-refractivity contribution in [2.75, 3.05) is 18.6 Å². The Morgan fingerprint density at radius 1 is 0.966 bits per heavy atom. The molecular weight excluding hydrogens is 388 g/mol. The Kier molecular flexibility index (Phi) is 5.72. The van der Waals surface area contributed by atoms with E-state index in [4.69, 9.17) is 10.5 Å². The van der Waals surface area contributed by atoms with Crippen molar-refractivity contribution in [2.45, 2.75) is 0 Å². The minimum atomic E-state index is -1.12. The Morgan fingerprint density at radius 3 is 2.34 bits per heavy atom. The number of nitrogens with two attached hydrogens (primary N) is 1. The second-order valence-corrected chi connectivity index (χ2v) is 6.20. The summed E-state index contributed by atoms with van der Waals surface area (Å²) in [5, 5.41) is 0. The smallest absolute Gasteiger partial charge is 0.255 e. The third-order valence-electron chi connectivity index (χ3n) is 4.20. The van der Waals surface area contributed by atoms with Gasteiger partial charge in [0.15, 0.2) is 18.2 Å². The molecule has 29 heavy (non-hydrogen) atoms. The first kappa shape index (κ1) is 20.2. The zero-order chi connectivity index (χ0) is 21.1. The number of primary amides is 1. The summed E-state index contributed by atoms with van der Waals surface area (Å²) in [5.41, 5.74) is 5.17. The molecular formula is C21H16F4N2O2. The molecule has 0 aliphatic rings. The van der Waals surface area contributed by atoms with E-state index in [0.29, 0.717) is 11.1 Å². The number of rotatable bonds is 6. The summed E-state index contributed by atoms with van der Waals surface area (Å²) in [5.74, 6) is -4.55. The Morgan fingerprint density at radius 2 is 1.66 bits per heavy atom. The molecule has 3 rings (SSSR count). The van der Waals surface area contributed by atoms with Crippen LogP contribution < -0.4 is 15.4 Å². The molecule has 0 aliphatic carbocycles. The largest absolute Gasteiger partial charge is 0.481 e. The van der Waals surface area contributed by atoms with Gasteiger partial charge in [-0.15, -0.1) is 0 Å². The topological polar surface area (TPSA) is 55.6 Å². The van der Waals surface area contributed by atoms with E-state index in [0.717, 1.165) is 23.1 Å². The van der Waals surface area contributed by atoms with Crippen molar-refractivity contribution in [3.05, 3.63) is 77.9 Å². The van der Waals surface area contributed by atoms with Crippen molar-refractivity contribution in [1.82, 2.24) is 0 Å². The molecule has 0 atom stereocenters. The number of hydrogen-bond acceptors (Lipinski definition) is 3. The van der Waals surface area contributed by atoms with Gasteiger partial charge in [-0.05, 0) is 47.5 Å². The predicted molar refractivity (Wildman–Crippen MR) is 101 cm³/mol. The number of amides is 1. The Bertz CT molecular complexity index is 1070. The molecule has 3 aromatic carbocycles. The van der Waals surface area contributed by atoms with Crippen molar-refractivity contribution in [2.24, 2.45) is 5.73 Å². The molecule has 2 N–H and O–H groups in total. The summed E-state index contributed by atoms with van der Waals surface area (Å²) in [4.78, 5) is 11.8. The number of carbonyl (C=O) groups is 1. The highest BCUT2D eigenvalue weighted by molar-refractivity contribution is 5.76. The van der Waals surface area contributed by atoms with Gasteiger partial charge in [0.25, 0.3) is 5.91 Å². The second-order valence-electron chi connectivity index (χ2n) is 6.20. The average molecular weight is 404 g/mol. The molecule has 150 valence electrons. The van der Waals surface area contributed by atoms with Gasteiger partial charge in [0, 0.05) is 7.05 Å². The molecule has 0 unspecified atom stereocenters. The van der Waals surface area contributed by atoms with E-state index < -0.39 is 47.2 Å². The quantitative estimate of drug-likeness (QED) is 0.614. The molecule has 0 radical (unpaired) electrons. The molecule has 3 aromatic rings. The lowest BCUT2D eigenvalue weighted by Crippen LogP contribution is -2.21. The highest BCUT2D eigenvalue weighted by atomic mass is 19.1. The van der Waals surface area contributed by atoms with Crippen LogP contribution in [-0.4, -0.2) is 19.6 Å². The first-order valence-electron chi connectivity index (χ1n) is 8.46. The van der Waals surface area contributed by atoms with E-state index in [1.807, 2.05) is 0 Å². The molecule has 0 aromatic heterocycles. The third-order valence-corrected chi connectivity index (χ3v) is 4.20.